The van der Waals surface area contributed by atoms with Gasteiger partial charge in [-0.1, -0.05) is 0 Å². The number of rotatable bonds is 5. The van der Waals surface area contributed by atoms with Gasteiger partial charge < -0.3 is 20.4 Å². The molecule has 0 bridgehead atoms. The van der Waals surface area contributed by atoms with E-state index in [1.54, 1.807) is 7.05 Å². The van der Waals surface area contributed by atoms with Crippen LogP contribution in [0.2, 0.25) is 0 Å². The van der Waals surface area contributed by atoms with E-state index >= 15 is 0 Å². The molecule has 0 saturated heterocycles. The standard InChI is InChI=1S/C10H15N3O4S/c1-6-12-7(5-18-6)4-13(2)10(17)11-3-8(14)9(15)16/h5,8,14H,3-4H2,1-2H3,(H,11,17)(H,15,16). The van der Waals surface area contributed by atoms with Crippen LogP contribution in [0.3, 0.4) is 0 Å². The summed E-state index contributed by atoms with van der Waals surface area (Å²) in [5.41, 5.74) is 0.772. The third kappa shape index (κ3) is 4.30. The summed E-state index contributed by atoms with van der Waals surface area (Å²) in [6, 6.07) is -0.457. The SMILES string of the molecule is Cc1nc(CN(C)C(=O)NCC(O)C(=O)O)cs1. The maximum Gasteiger partial charge on any atom is 0.334 e. The molecule has 0 fully saturated rings. The van der Waals surface area contributed by atoms with Crippen molar-refractivity contribution in [2.45, 2.75) is 19.6 Å². The molecule has 8 heteroatoms. The fourth-order valence-corrected chi connectivity index (χ4v) is 1.81. The fourth-order valence-electron chi connectivity index (χ4n) is 1.20. The van der Waals surface area contributed by atoms with Crippen LogP contribution in [-0.4, -0.2) is 51.8 Å². The summed E-state index contributed by atoms with van der Waals surface area (Å²) in [6.45, 7) is 1.88. The van der Waals surface area contributed by atoms with Crippen molar-refractivity contribution in [1.82, 2.24) is 15.2 Å². The molecule has 1 aromatic heterocycles. The molecule has 0 aromatic carbocycles. The average molecular weight is 273 g/mol. The maximum atomic E-state index is 11.6. The van der Waals surface area contributed by atoms with Crippen LogP contribution in [0.25, 0.3) is 0 Å². The molecule has 3 N–H and O–H groups in total. The molecule has 1 atom stereocenters. The first-order valence-electron chi connectivity index (χ1n) is 5.21. The van der Waals surface area contributed by atoms with Crippen molar-refractivity contribution in [3.63, 3.8) is 0 Å². The molecule has 0 radical (unpaired) electrons. The molecule has 0 saturated carbocycles. The van der Waals surface area contributed by atoms with E-state index in [-0.39, 0.29) is 6.54 Å². The molecule has 1 aromatic rings. The largest absolute Gasteiger partial charge is 0.479 e. The summed E-state index contributed by atoms with van der Waals surface area (Å²) in [6.07, 6.45) is -1.59. The van der Waals surface area contributed by atoms with Crippen LogP contribution < -0.4 is 5.32 Å². The fraction of sp³-hybridized carbons (Fsp3) is 0.500. The Morgan fingerprint density at radius 3 is 2.78 bits per heavy atom. The van der Waals surface area contributed by atoms with E-state index in [9.17, 15) is 9.59 Å². The number of carbonyl (C=O) groups excluding carboxylic acids is 1. The van der Waals surface area contributed by atoms with Crippen LogP contribution in [0, 0.1) is 6.92 Å². The first-order chi connectivity index (χ1) is 8.40. The molecule has 7 nitrogen and oxygen atoms in total. The van der Waals surface area contributed by atoms with E-state index in [1.165, 1.54) is 16.2 Å². The summed E-state index contributed by atoms with van der Waals surface area (Å²) >= 11 is 1.49. The molecule has 0 spiro atoms. The summed E-state index contributed by atoms with van der Waals surface area (Å²) in [4.78, 5) is 27.5. The molecule has 1 unspecified atom stereocenters. The third-order valence-electron chi connectivity index (χ3n) is 2.14. The van der Waals surface area contributed by atoms with Gasteiger partial charge in [0.25, 0.3) is 0 Å². The van der Waals surface area contributed by atoms with Gasteiger partial charge in [0.2, 0.25) is 0 Å². The van der Waals surface area contributed by atoms with Crippen molar-refractivity contribution in [2.75, 3.05) is 13.6 Å². The average Bonchev–Trinajstić information content (AvgIpc) is 2.70. The van der Waals surface area contributed by atoms with E-state index in [2.05, 4.69) is 10.3 Å². The lowest BCUT2D eigenvalue weighted by Gasteiger charge is -2.17. The van der Waals surface area contributed by atoms with Crippen molar-refractivity contribution in [3.8, 4) is 0 Å². The van der Waals surface area contributed by atoms with Gasteiger partial charge in [0.15, 0.2) is 6.10 Å². The molecule has 2 amide bonds. The first-order valence-corrected chi connectivity index (χ1v) is 6.09. The van der Waals surface area contributed by atoms with E-state index in [1.807, 2.05) is 12.3 Å². The Morgan fingerprint density at radius 1 is 1.61 bits per heavy atom. The Balaban J connectivity index is 2.39. The molecular formula is C10H15N3O4S. The molecule has 100 valence electrons. The van der Waals surface area contributed by atoms with Crippen LogP contribution in [0.5, 0.6) is 0 Å². The minimum atomic E-state index is -1.59. The molecule has 0 aliphatic heterocycles. The highest BCUT2D eigenvalue weighted by molar-refractivity contribution is 7.09. The smallest absolute Gasteiger partial charge is 0.334 e. The minimum Gasteiger partial charge on any atom is -0.479 e. The van der Waals surface area contributed by atoms with Gasteiger partial charge in [0, 0.05) is 12.4 Å². The maximum absolute atomic E-state index is 11.6. The number of aromatic nitrogens is 1. The number of aliphatic hydroxyl groups is 1. The highest BCUT2D eigenvalue weighted by Crippen LogP contribution is 2.09. The second-order valence-corrected chi connectivity index (χ2v) is 4.82. The molecule has 1 rings (SSSR count). The van der Waals surface area contributed by atoms with Crippen LogP contribution >= 0.6 is 11.3 Å². The predicted molar refractivity (Wildman–Crippen MR) is 65.4 cm³/mol. The molecule has 0 aliphatic carbocycles. The number of nitrogens with one attached hydrogen (secondary N) is 1. The number of carboxylic acids is 1. The van der Waals surface area contributed by atoms with Gasteiger partial charge in [-0.2, -0.15) is 0 Å². The molecule has 0 aliphatic rings. The summed E-state index contributed by atoms with van der Waals surface area (Å²) in [7, 11) is 1.57. The van der Waals surface area contributed by atoms with Gasteiger partial charge in [-0.05, 0) is 6.92 Å². The van der Waals surface area contributed by atoms with E-state index in [4.69, 9.17) is 10.2 Å². The number of aliphatic hydroxyl groups excluding tert-OH is 1. The minimum absolute atomic E-state index is 0.325. The van der Waals surface area contributed by atoms with Gasteiger partial charge in [0.1, 0.15) is 0 Å². The van der Waals surface area contributed by atoms with Gasteiger partial charge in [-0.25, -0.2) is 14.6 Å². The number of urea groups is 1. The highest BCUT2D eigenvalue weighted by Gasteiger charge is 2.16. The predicted octanol–water partition coefficient (Wildman–Crippen LogP) is 0.0384. The number of hydrogen-bond donors (Lipinski definition) is 3. The zero-order valence-corrected chi connectivity index (χ0v) is 10.9. The van der Waals surface area contributed by atoms with Crippen molar-refractivity contribution in [1.29, 1.82) is 0 Å². The second kappa shape index (κ2) is 6.31. The van der Waals surface area contributed by atoms with Crippen LogP contribution in [-0.2, 0) is 11.3 Å². The lowest BCUT2D eigenvalue weighted by Crippen LogP contribution is -2.42. The lowest BCUT2D eigenvalue weighted by molar-refractivity contribution is -0.146. The monoisotopic (exact) mass is 273 g/mol. The number of thiazole rings is 1. The Morgan fingerprint density at radius 2 is 2.28 bits per heavy atom. The van der Waals surface area contributed by atoms with Crippen molar-refractivity contribution in [2.24, 2.45) is 0 Å². The van der Waals surface area contributed by atoms with Gasteiger partial charge in [-0.15, -0.1) is 11.3 Å². The summed E-state index contributed by atoms with van der Waals surface area (Å²) < 4.78 is 0. The van der Waals surface area contributed by atoms with Crippen molar-refractivity contribution in [3.05, 3.63) is 16.1 Å². The zero-order chi connectivity index (χ0) is 13.7. The normalized spacial score (nSPS) is 11.9. The number of amides is 2. The number of carbonyl (C=O) groups is 2. The Hall–Kier alpha value is -1.67. The van der Waals surface area contributed by atoms with Gasteiger partial charge >= 0.3 is 12.0 Å². The van der Waals surface area contributed by atoms with E-state index < -0.39 is 18.1 Å². The number of aliphatic carboxylic acids is 1. The highest BCUT2D eigenvalue weighted by atomic mass is 32.1. The second-order valence-electron chi connectivity index (χ2n) is 3.75. The summed E-state index contributed by atoms with van der Waals surface area (Å²) in [5.74, 6) is -1.37. The van der Waals surface area contributed by atoms with E-state index in [0.29, 0.717) is 6.54 Å². The lowest BCUT2D eigenvalue weighted by atomic mass is 10.3. The van der Waals surface area contributed by atoms with Crippen LogP contribution in [0.1, 0.15) is 10.7 Å². The van der Waals surface area contributed by atoms with Crippen LogP contribution in [0.15, 0.2) is 5.38 Å². The quantitative estimate of drug-likeness (QED) is 0.703. The third-order valence-corrected chi connectivity index (χ3v) is 2.97. The molecule has 1 heterocycles. The molecule has 18 heavy (non-hydrogen) atoms. The van der Waals surface area contributed by atoms with Crippen molar-refractivity contribution < 1.29 is 19.8 Å². The number of aryl methyl sites for hydroxylation is 1. The Labute approximate surface area is 108 Å². The number of hydrogen-bond acceptors (Lipinski definition) is 5. The van der Waals surface area contributed by atoms with E-state index in [0.717, 1.165) is 10.7 Å². The Bertz CT molecular complexity index is 435. The topological polar surface area (TPSA) is 103 Å². The molecular weight excluding hydrogens is 258 g/mol. The number of carboxylic acid groups (broad SMARTS) is 1. The van der Waals surface area contributed by atoms with Crippen LogP contribution in [0.4, 0.5) is 4.79 Å². The van der Waals surface area contributed by atoms with Gasteiger partial charge in [0.05, 0.1) is 23.8 Å². The zero-order valence-electron chi connectivity index (χ0n) is 10.1. The Kier molecular flexibility index (Phi) is 5.05. The van der Waals surface area contributed by atoms with Crippen molar-refractivity contribution >= 4 is 23.3 Å². The summed E-state index contributed by atoms with van der Waals surface area (Å²) in [5, 5.41) is 22.5. The number of nitrogens with zero attached hydrogens (tertiary/aromatic N) is 2. The first kappa shape index (κ1) is 14.4. The van der Waals surface area contributed by atoms with Gasteiger partial charge in [-0.3, -0.25) is 0 Å².